The third-order valence-electron chi connectivity index (χ3n) is 2.49. The van der Waals surface area contributed by atoms with Crippen molar-refractivity contribution in [2.45, 2.75) is 12.5 Å². The molecule has 104 valence electrons. The monoisotopic (exact) mass is 327 g/mol. The Balaban J connectivity index is 2.51. The molecule has 0 heterocycles. The summed E-state index contributed by atoms with van der Waals surface area (Å²) < 4.78 is 5.98. The van der Waals surface area contributed by atoms with Gasteiger partial charge < -0.3 is 15.2 Å². The fraction of sp³-hybridized carbons (Fsp3) is 0.357. The van der Waals surface area contributed by atoms with E-state index in [1.807, 2.05) is 24.3 Å². The minimum atomic E-state index is -0.196. The highest BCUT2D eigenvalue weighted by molar-refractivity contribution is 9.10. The summed E-state index contributed by atoms with van der Waals surface area (Å²) >= 11 is 3.35. The smallest absolute Gasteiger partial charge is 0.244 e. The molecule has 0 bridgehead atoms. The zero-order valence-corrected chi connectivity index (χ0v) is 12.4. The van der Waals surface area contributed by atoms with Gasteiger partial charge in [-0.1, -0.05) is 28.1 Å². The number of carbonyl (C=O) groups excluding carboxylic acids is 1. The van der Waals surface area contributed by atoms with Gasteiger partial charge in [0.25, 0.3) is 0 Å². The maximum absolute atomic E-state index is 11.7. The number of aliphatic hydroxyl groups is 1. The molecule has 19 heavy (non-hydrogen) atoms. The van der Waals surface area contributed by atoms with Gasteiger partial charge in [0.05, 0.1) is 12.6 Å². The Morgan fingerprint density at radius 1 is 1.47 bits per heavy atom. The molecule has 1 rings (SSSR count). The van der Waals surface area contributed by atoms with Crippen molar-refractivity contribution in [3.63, 3.8) is 0 Å². The first-order chi connectivity index (χ1) is 9.15. The lowest BCUT2D eigenvalue weighted by Gasteiger charge is -2.15. The number of ether oxygens (including phenoxy) is 1. The first-order valence-electron chi connectivity index (χ1n) is 5.99. The number of amides is 1. The second-order valence-corrected chi connectivity index (χ2v) is 4.97. The van der Waals surface area contributed by atoms with Crippen molar-refractivity contribution in [3.05, 3.63) is 40.4 Å². The van der Waals surface area contributed by atoms with Gasteiger partial charge in [-0.05, 0) is 30.2 Å². The van der Waals surface area contributed by atoms with Crippen molar-refractivity contribution >= 4 is 27.9 Å². The molecule has 1 atom stereocenters. The molecule has 1 amide bonds. The molecular weight excluding hydrogens is 310 g/mol. The van der Waals surface area contributed by atoms with Crippen LogP contribution in [0.1, 0.15) is 12.0 Å². The number of methoxy groups -OCH3 is 1. The Bertz CT molecular complexity index is 411. The molecule has 2 N–H and O–H groups in total. The van der Waals surface area contributed by atoms with Crippen molar-refractivity contribution in [1.29, 1.82) is 0 Å². The summed E-state index contributed by atoms with van der Waals surface area (Å²) in [5.41, 5.74) is 0.948. The van der Waals surface area contributed by atoms with Gasteiger partial charge in [0.1, 0.15) is 0 Å². The van der Waals surface area contributed by atoms with E-state index < -0.39 is 0 Å². The molecule has 0 spiro atoms. The number of hydrogen-bond donors (Lipinski definition) is 2. The molecule has 1 unspecified atom stereocenters. The highest BCUT2D eigenvalue weighted by atomic mass is 79.9. The number of carbonyl (C=O) groups is 1. The van der Waals surface area contributed by atoms with Crippen LogP contribution in [0.2, 0.25) is 0 Å². The third-order valence-corrected chi connectivity index (χ3v) is 3.02. The minimum Gasteiger partial charge on any atom is -0.396 e. The molecule has 0 fully saturated rings. The molecule has 0 saturated heterocycles. The Hall–Kier alpha value is -1.17. The Labute approximate surface area is 121 Å². The Morgan fingerprint density at radius 3 is 2.74 bits per heavy atom. The number of hydrogen-bond acceptors (Lipinski definition) is 3. The van der Waals surface area contributed by atoms with E-state index in [1.165, 1.54) is 6.08 Å². The quantitative estimate of drug-likeness (QED) is 0.753. The van der Waals surface area contributed by atoms with Crippen LogP contribution in [0.25, 0.3) is 6.08 Å². The van der Waals surface area contributed by atoms with E-state index in [0.717, 1.165) is 10.0 Å². The van der Waals surface area contributed by atoms with E-state index in [1.54, 1.807) is 13.2 Å². The topological polar surface area (TPSA) is 58.6 Å². The molecular formula is C14H18BrNO3. The van der Waals surface area contributed by atoms with Gasteiger partial charge in [0.15, 0.2) is 0 Å². The van der Waals surface area contributed by atoms with Gasteiger partial charge in [-0.15, -0.1) is 0 Å². The molecule has 0 aromatic heterocycles. The average molecular weight is 328 g/mol. The van der Waals surface area contributed by atoms with Crippen LogP contribution >= 0.6 is 15.9 Å². The van der Waals surface area contributed by atoms with E-state index in [9.17, 15) is 4.79 Å². The van der Waals surface area contributed by atoms with Gasteiger partial charge in [-0.3, -0.25) is 4.79 Å². The molecule has 0 aliphatic rings. The van der Waals surface area contributed by atoms with Crippen LogP contribution in [0.15, 0.2) is 34.8 Å². The van der Waals surface area contributed by atoms with Gasteiger partial charge in [-0.25, -0.2) is 0 Å². The molecule has 5 heteroatoms. The summed E-state index contributed by atoms with van der Waals surface area (Å²) in [7, 11) is 1.56. The summed E-state index contributed by atoms with van der Waals surface area (Å²) in [4.78, 5) is 11.7. The molecule has 0 aliphatic heterocycles. The van der Waals surface area contributed by atoms with Gasteiger partial charge in [0, 0.05) is 24.3 Å². The number of benzene rings is 1. The minimum absolute atomic E-state index is 0.0186. The van der Waals surface area contributed by atoms with Gasteiger partial charge in [0.2, 0.25) is 5.91 Å². The molecule has 4 nitrogen and oxygen atoms in total. The highest BCUT2D eigenvalue weighted by Crippen LogP contribution is 2.11. The van der Waals surface area contributed by atoms with Crippen molar-refractivity contribution in [2.75, 3.05) is 20.3 Å². The standard InChI is InChI=1S/C14H18BrNO3/c1-19-10-13(8-9-17)16-14(18)7-4-11-2-5-12(15)6-3-11/h2-7,13,17H,8-10H2,1H3,(H,16,18)/b7-4+. The van der Waals surface area contributed by atoms with E-state index in [0.29, 0.717) is 13.0 Å². The summed E-state index contributed by atoms with van der Waals surface area (Å²) in [6, 6.07) is 7.48. The van der Waals surface area contributed by atoms with Crippen molar-refractivity contribution in [3.8, 4) is 0 Å². The van der Waals surface area contributed by atoms with Crippen LogP contribution in [0.4, 0.5) is 0 Å². The van der Waals surface area contributed by atoms with Crippen LogP contribution in [0, 0.1) is 0 Å². The predicted octanol–water partition coefficient (Wildman–Crippen LogP) is 1.98. The summed E-state index contributed by atoms with van der Waals surface area (Å²) in [5.74, 6) is -0.196. The van der Waals surface area contributed by atoms with Crippen LogP contribution in [-0.4, -0.2) is 37.4 Å². The van der Waals surface area contributed by atoms with Crippen molar-refractivity contribution < 1.29 is 14.6 Å². The van der Waals surface area contributed by atoms with Crippen LogP contribution < -0.4 is 5.32 Å². The van der Waals surface area contributed by atoms with Gasteiger partial charge in [-0.2, -0.15) is 0 Å². The fourth-order valence-electron chi connectivity index (χ4n) is 1.55. The van der Waals surface area contributed by atoms with Crippen molar-refractivity contribution in [1.82, 2.24) is 5.32 Å². The number of halogens is 1. The summed E-state index contributed by atoms with van der Waals surface area (Å²) in [6.45, 7) is 0.406. The molecule has 0 aliphatic carbocycles. The number of rotatable bonds is 7. The zero-order valence-electron chi connectivity index (χ0n) is 10.8. The lowest BCUT2D eigenvalue weighted by atomic mass is 10.2. The fourth-order valence-corrected chi connectivity index (χ4v) is 1.81. The van der Waals surface area contributed by atoms with E-state index >= 15 is 0 Å². The predicted molar refractivity (Wildman–Crippen MR) is 78.7 cm³/mol. The molecule has 0 radical (unpaired) electrons. The lowest BCUT2D eigenvalue weighted by Crippen LogP contribution is -2.37. The summed E-state index contributed by atoms with van der Waals surface area (Å²) in [6.07, 6.45) is 3.69. The van der Waals surface area contributed by atoms with E-state index in [2.05, 4.69) is 21.2 Å². The first-order valence-corrected chi connectivity index (χ1v) is 6.79. The molecule has 1 aromatic carbocycles. The van der Waals surface area contributed by atoms with E-state index in [-0.39, 0.29) is 18.6 Å². The maximum Gasteiger partial charge on any atom is 0.244 e. The van der Waals surface area contributed by atoms with Crippen LogP contribution in [0.3, 0.4) is 0 Å². The second-order valence-electron chi connectivity index (χ2n) is 4.06. The number of aliphatic hydroxyl groups excluding tert-OH is 1. The third kappa shape index (κ3) is 6.52. The number of nitrogens with one attached hydrogen (secondary N) is 1. The second kappa shape index (κ2) is 8.85. The SMILES string of the molecule is COCC(CCO)NC(=O)/C=C/c1ccc(Br)cc1. The van der Waals surface area contributed by atoms with Crippen molar-refractivity contribution in [2.24, 2.45) is 0 Å². The first kappa shape index (κ1) is 15.9. The van der Waals surface area contributed by atoms with Gasteiger partial charge >= 0.3 is 0 Å². The normalized spacial score (nSPS) is 12.6. The van der Waals surface area contributed by atoms with Crippen LogP contribution in [0.5, 0.6) is 0 Å². The van der Waals surface area contributed by atoms with Crippen LogP contribution in [-0.2, 0) is 9.53 Å². The Kier molecular flexibility index (Phi) is 7.40. The highest BCUT2D eigenvalue weighted by Gasteiger charge is 2.09. The largest absolute Gasteiger partial charge is 0.396 e. The average Bonchev–Trinajstić information content (AvgIpc) is 2.39. The lowest BCUT2D eigenvalue weighted by molar-refractivity contribution is -0.117. The molecule has 1 aromatic rings. The molecule has 0 saturated carbocycles. The summed E-state index contributed by atoms with van der Waals surface area (Å²) in [5, 5.41) is 11.7. The maximum atomic E-state index is 11.7. The Morgan fingerprint density at radius 2 is 2.16 bits per heavy atom. The van der Waals surface area contributed by atoms with E-state index in [4.69, 9.17) is 9.84 Å². The zero-order chi connectivity index (χ0) is 14.1.